The van der Waals surface area contributed by atoms with Crippen molar-refractivity contribution in [2.24, 2.45) is 0 Å². The molecule has 35 heavy (non-hydrogen) atoms. The van der Waals surface area contributed by atoms with E-state index in [1.807, 2.05) is 34.5 Å². The van der Waals surface area contributed by atoms with E-state index in [4.69, 9.17) is 18.6 Å². The molecule has 0 aliphatic carbocycles. The summed E-state index contributed by atoms with van der Waals surface area (Å²) in [6.45, 7) is 0.262. The molecule has 178 valence electrons. The van der Waals surface area contributed by atoms with Gasteiger partial charge in [0.05, 0.1) is 24.4 Å². The van der Waals surface area contributed by atoms with Crippen LogP contribution in [0.2, 0.25) is 0 Å². The van der Waals surface area contributed by atoms with Gasteiger partial charge in [0.25, 0.3) is 0 Å². The number of thiazole rings is 1. The van der Waals surface area contributed by atoms with Gasteiger partial charge in [0.15, 0.2) is 16.5 Å². The van der Waals surface area contributed by atoms with Crippen molar-refractivity contribution in [2.75, 3.05) is 19.6 Å². The average molecular weight is 511 g/mol. The maximum absolute atomic E-state index is 13.2. The highest BCUT2D eigenvalue weighted by molar-refractivity contribution is 7.99. The van der Waals surface area contributed by atoms with E-state index in [9.17, 15) is 4.39 Å². The first-order valence-electron chi connectivity index (χ1n) is 10.6. The molecular weight excluding hydrogens is 491 g/mol. The maximum Gasteiger partial charge on any atom is 0.196 e. The molecular formula is C24H19FN4O4S2. The molecule has 0 amide bonds. The van der Waals surface area contributed by atoms with E-state index in [0.29, 0.717) is 28.5 Å². The SMILES string of the molecule is COc1cc(OCc2csc(-c3ccc(F)cc3)n2)c2cc(-c3cn4c(n3)SC(OC)N4)oc2c1. The fourth-order valence-corrected chi connectivity index (χ4v) is 5.32. The van der Waals surface area contributed by atoms with E-state index in [1.165, 1.54) is 35.2 Å². The van der Waals surface area contributed by atoms with Crippen molar-refractivity contribution >= 4 is 34.1 Å². The minimum absolute atomic E-state index is 0.166. The van der Waals surface area contributed by atoms with Gasteiger partial charge in [0.1, 0.15) is 40.2 Å². The Bertz CT molecular complexity index is 1490. The summed E-state index contributed by atoms with van der Waals surface area (Å²) in [6.07, 6.45) is 1.86. The van der Waals surface area contributed by atoms with Crippen molar-refractivity contribution in [3.8, 4) is 33.5 Å². The number of furan rings is 1. The molecule has 5 aromatic rings. The lowest BCUT2D eigenvalue weighted by Crippen LogP contribution is -2.19. The van der Waals surface area contributed by atoms with Crippen molar-refractivity contribution in [3.05, 3.63) is 65.6 Å². The van der Waals surface area contributed by atoms with Crippen molar-refractivity contribution in [2.45, 2.75) is 17.3 Å². The Morgan fingerprint density at radius 1 is 1.14 bits per heavy atom. The van der Waals surface area contributed by atoms with E-state index in [1.54, 1.807) is 26.4 Å². The minimum atomic E-state index is -0.273. The molecule has 0 saturated carbocycles. The molecule has 1 N–H and O–H groups in total. The summed E-state index contributed by atoms with van der Waals surface area (Å²) in [5, 5.41) is 4.33. The van der Waals surface area contributed by atoms with Crippen LogP contribution in [0.1, 0.15) is 5.69 Å². The normalized spacial score (nSPS) is 14.8. The van der Waals surface area contributed by atoms with E-state index in [-0.39, 0.29) is 18.0 Å². The predicted molar refractivity (Wildman–Crippen MR) is 132 cm³/mol. The number of ether oxygens (including phenoxy) is 3. The van der Waals surface area contributed by atoms with Crippen LogP contribution >= 0.6 is 23.1 Å². The number of hydrogen-bond acceptors (Lipinski definition) is 9. The van der Waals surface area contributed by atoms with Gasteiger partial charge in [-0.1, -0.05) is 0 Å². The highest BCUT2D eigenvalue weighted by atomic mass is 32.2. The summed E-state index contributed by atoms with van der Waals surface area (Å²) in [6, 6.07) is 11.8. The molecule has 3 aromatic heterocycles. The van der Waals surface area contributed by atoms with Crippen LogP contribution in [0.3, 0.4) is 0 Å². The molecule has 0 fully saturated rings. The van der Waals surface area contributed by atoms with Gasteiger partial charge in [-0.3, -0.25) is 5.43 Å². The van der Waals surface area contributed by atoms with Gasteiger partial charge in [-0.2, -0.15) is 0 Å². The second kappa shape index (κ2) is 8.91. The largest absolute Gasteiger partial charge is 0.496 e. The van der Waals surface area contributed by atoms with Crippen molar-refractivity contribution in [1.29, 1.82) is 0 Å². The third-order valence-electron chi connectivity index (χ3n) is 5.42. The van der Waals surface area contributed by atoms with Crippen LogP contribution in [-0.2, 0) is 11.3 Å². The number of thioether (sulfide) groups is 1. The van der Waals surface area contributed by atoms with Crippen molar-refractivity contribution < 1.29 is 23.0 Å². The Balaban J connectivity index is 1.26. The number of benzene rings is 2. The quantitative estimate of drug-likeness (QED) is 0.297. The zero-order valence-corrected chi connectivity index (χ0v) is 20.3. The number of fused-ring (bicyclic) bond motifs is 2. The lowest BCUT2D eigenvalue weighted by atomic mass is 10.2. The molecule has 1 aliphatic rings. The topological polar surface area (TPSA) is 83.6 Å². The van der Waals surface area contributed by atoms with Gasteiger partial charge in [-0.25, -0.2) is 19.0 Å². The molecule has 0 spiro atoms. The molecule has 11 heteroatoms. The van der Waals surface area contributed by atoms with Gasteiger partial charge in [0.2, 0.25) is 0 Å². The van der Waals surface area contributed by atoms with E-state index in [0.717, 1.165) is 26.8 Å². The lowest BCUT2D eigenvalue weighted by molar-refractivity contribution is 0.187. The molecule has 0 saturated heterocycles. The van der Waals surface area contributed by atoms with E-state index < -0.39 is 0 Å². The summed E-state index contributed by atoms with van der Waals surface area (Å²) in [5.74, 6) is 1.57. The van der Waals surface area contributed by atoms with Crippen LogP contribution < -0.4 is 14.9 Å². The Labute approximate surface area is 207 Å². The molecule has 8 nitrogen and oxygen atoms in total. The van der Waals surface area contributed by atoms with E-state index >= 15 is 0 Å². The van der Waals surface area contributed by atoms with Crippen LogP contribution in [0, 0.1) is 5.82 Å². The number of methoxy groups -OCH3 is 2. The number of hydrogen-bond donors (Lipinski definition) is 1. The maximum atomic E-state index is 13.2. The van der Waals surface area contributed by atoms with Gasteiger partial charge in [0, 0.05) is 30.2 Å². The Morgan fingerprint density at radius 3 is 2.77 bits per heavy atom. The zero-order chi connectivity index (χ0) is 23.9. The van der Waals surface area contributed by atoms with E-state index in [2.05, 4.69) is 15.4 Å². The zero-order valence-electron chi connectivity index (χ0n) is 18.6. The van der Waals surface area contributed by atoms with Gasteiger partial charge < -0.3 is 18.6 Å². The van der Waals surface area contributed by atoms with Crippen LogP contribution in [0.4, 0.5) is 4.39 Å². The summed E-state index contributed by atoms with van der Waals surface area (Å²) >= 11 is 2.97. The van der Waals surface area contributed by atoms with Gasteiger partial charge >= 0.3 is 0 Å². The predicted octanol–water partition coefficient (Wildman–Crippen LogP) is 5.73. The van der Waals surface area contributed by atoms with Crippen LogP contribution in [0.5, 0.6) is 11.5 Å². The minimum Gasteiger partial charge on any atom is -0.496 e. The molecule has 6 rings (SSSR count). The highest BCUT2D eigenvalue weighted by Crippen LogP contribution is 2.38. The Kier molecular flexibility index (Phi) is 5.59. The molecule has 0 bridgehead atoms. The summed E-state index contributed by atoms with van der Waals surface area (Å²) in [5.41, 5.74) is 5.97. The first-order chi connectivity index (χ1) is 17.1. The van der Waals surface area contributed by atoms with Crippen LogP contribution in [0.15, 0.2) is 63.6 Å². The number of nitrogens with one attached hydrogen (secondary N) is 1. The standard InChI is InChI=1S/C24H19FN4O4S2/c1-30-16-7-19(32-11-15-12-34-22(26-15)13-3-5-14(25)6-4-13)17-9-21(33-20(17)8-16)18-10-29-23(27-18)35-24(28-29)31-2/h3-10,12,24,28H,11H2,1-2H3. The van der Waals surface area contributed by atoms with Crippen molar-refractivity contribution in [1.82, 2.24) is 14.6 Å². The molecule has 2 aromatic carbocycles. The number of aromatic nitrogens is 3. The monoisotopic (exact) mass is 510 g/mol. The van der Waals surface area contributed by atoms with Crippen LogP contribution in [-0.4, -0.2) is 34.4 Å². The molecule has 0 radical (unpaired) electrons. The molecule has 4 heterocycles. The summed E-state index contributed by atoms with van der Waals surface area (Å²) in [7, 11) is 3.24. The van der Waals surface area contributed by atoms with Gasteiger partial charge in [-0.05, 0) is 42.1 Å². The number of imidazole rings is 1. The Morgan fingerprint density at radius 2 is 2.00 bits per heavy atom. The third-order valence-corrected chi connectivity index (χ3v) is 7.38. The Hall–Kier alpha value is -3.54. The average Bonchev–Trinajstić information content (AvgIpc) is 3.65. The van der Waals surface area contributed by atoms with Crippen molar-refractivity contribution in [3.63, 3.8) is 0 Å². The number of nitrogens with zero attached hydrogens (tertiary/aromatic N) is 3. The highest BCUT2D eigenvalue weighted by Gasteiger charge is 2.25. The summed E-state index contributed by atoms with van der Waals surface area (Å²) < 4.78 is 38.0. The second-order valence-electron chi connectivity index (χ2n) is 7.68. The summed E-state index contributed by atoms with van der Waals surface area (Å²) in [4.78, 5) is 9.27. The van der Waals surface area contributed by atoms with Gasteiger partial charge in [-0.15, -0.1) is 11.3 Å². The fraction of sp³-hybridized carbons (Fsp3) is 0.167. The molecule has 1 unspecified atom stereocenters. The fourth-order valence-electron chi connectivity index (χ4n) is 3.69. The first kappa shape index (κ1) is 22.0. The second-order valence-corrected chi connectivity index (χ2v) is 9.57. The third kappa shape index (κ3) is 4.22. The molecule has 1 aliphatic heterocycles. The number of rotatable bonds is 7. The smallest absolute Gasteiger partial charge is 0.196 e. The molecule has 1 atom stereocenters. The lowest BCUT2D eigenvalue weighted by Gasteiger charge is -2.07. The first-order valence-corrected chi connectivity index (χ1v) is 12.4. The van der Waals surface area contributed by atoms with Crippen LogP contribution in [0.25, 0.3) is 33.0 Å². The number of halogens is 1.